The first kappa shape index (κ1) is 21.2. The third-order valence-electron chi connectivity index (χ3n) is 4.81. The van der Waals surface area contributed by atoms with Gasteiger partial charge in [-0.15, -0.1) is 10.2 Å². The summed E-state index contributed by atoms with van der Waals surface area (Å²) in [5.74, 6) is 1.55. The summed E-state index contributed by atoms with van der Waals surface area (Å²) in [6.45, 7) is 4.41. The molecule has 0 unspecified atom stereocenters. The smallest absolute Gasteiger partial charge is 0.234 e. The number of hydrogen-bond donors (Lipinski definition) is 1. The van der Waals surface area contributed by atoms with Gasteiger partial charge in [-0.2, -0.15) is 0 Å². The van der Waals surface area contributed by atoms with Crippen LogP contribution in [0.5, 0.6) is 0 Å². The molecule has 0 aliphatic rings. The molecule has 1 amide bonds. The molecular formula is C23H21ClN4O2S. The fourth-order valence-corrected chi connectivity index (χ4v) is 4.08. The average molecular weight is 453 g/mol. The van der Waals surface area contributed by atoms with Crippen LogP contribution in [0.1, 0.15) is 16.9 Å². The number of furan rings is 1. The number of aryl methyl sites for hydroxylation is 2. The molecule has 4 aromatic rings. The Balaban J connectivity index is 1.55. The van der Waals surface area contributed by atoms with Gasteiger partial charge in [0.15, 0.2) is 11.0 Å². The van der Waals surface area contributed by atoms with E-state index >= 15 is 0 Å². The Morgan fingerprint density at radius 1 is 1.13 bits per heavy atom. The maximum absolute atomic E-state index is 12.6. The highest BCUT2D eigenvalue weighted by atomic mass is 35.5. The lowest BCUT2D eigenvalue weighted by atomic mass is 10.2. The van der Waals surface area contributed by atoms with Crippen LogP contribution in [0.4, 0.5) is 5.69 Å². The number of nitrogens with one attached hydrogen (secondary N) is 1. The summed E-state index contributed by atoms with van der Waals surface area (Å²) in [5.41, 5.74) is 3.66. The Hall–Kier alpha value is -3.03. The Morgan fingerprint density at radius 2 is 1.94 bits per heavy atom. The number of carbonyl (C=O) groups is 1. The zero-order valence-electron chi connectivity index (χ0n) is 17.1. The van der Waals surface area contributed by atoms with E-state index in [9.17, 15) is 4.79 Å². The Kier molecular flexibility index (Phi) is 6.44. The molecule has 31 heavy (non-hydrogen) atoms. The van der Waals surface area contributed by atoms with Crippen LogP contribution >= 0.6 is 23.4 Å². The van der Waals surface area contributed by atoms with E-state index in [4.69, 9.17) is 16.0 Å². The van der Waals surface area contributed by atoms with Crippen molar-refractivity contribution in [1.29, 1.82) is 0 Å². The third kappa shape index (κ3) is 5.00. The van der Waals surface area contributed by atoms with Gasteiger partial charge >= 0.3 is 0 Å². The van der Waals surface area contributed by atoms with Gasteiger partial charge in [-0.3, -0.25) is 9.36 Å². The van der Waals surface area contributed by atoms with Gasteiger partial charge in [-0.25, -0.2) is 0 Å². The van der Waals surface area contributed by atoms with E-state index in [1.54, 1.807) is 18.4 Å². The quantitative estimate of drug-likeness (QED) is 0.370. The minimum atomic E-state index is -0.134. The van der Waals surface area contributed by atoms with Crippen LogP contribution in [0.25, 0.3) is 11.4 Å². The monoisotopic (exact) mass is 452 g/mol. The number of carbonyl (C=O) groups excluding carboxylic acids is 1. The molecule has 8 heteroatoms. The van der Waals surface area contributed by atoms with E-state index in [2.05, 4.69) is 27.6 Å². The van der Waals surface area contributed by atoms with Crippen molar-refractivity contribution in [2.24, 2.45) is 0 Å². The van der Waals surface area contributed by atoms with Gasteiger partial charge in [0.2, 0.25) is 5.91 Å². The number of halogens is 1. The fourth-order valence-electron chi connectivity index (χ4n) is 3.17. The number of hydrogen-bond acceptors (Lipinski definition) is 5. The van der Waals surface area contributed by atoms with E-state index in [0.717, 1.165) is 22.5 Å². The lowest BCUT2D eigenvalue weighted by molar-refractivity contribution is -0.113. The molecule has 0 saturated heterocycles. The molecule has 158 valence electrons. The fraction of sp³-hybridized carbons (Fsp3) is 0.174. The normalized spacial score (nSPS) is 10.9. The van der Waals surface area contributed by atoms with Crippen LogP contribution in [0.3, 0.4) is 0 Å². The molecule has 0 bridgehead atoms. The molecule has 1 N–H and O–H groups in total. The summed E-state index contributed by atoms with van der Waals surface area (Å²) in [6, 6.07) is 17.4. The first-order valence-electron chi connectivity index (χ1n) is 9.71. The Bertz CT molecular complexity index is 1200. The van der Waals surface area contributed by atoms with Crippen molar-refractivity contribution in [2.45, 2.75) is 25.5 Å². The molecule has 2 aromatic carbocycles. The van der Waals surface area contributed by atoms with E-state index in [-0.39, 0.29) is 11.7 Å². The molecule has 0 fully saturated rings. The van der Waals surface area contributed by atoms with Gasteiger partial charge in [-0.05, 0) is 43.2 Å². The molecule has 6 nitrogen and oxygen atoms in total. The van der Waals surface area contributed by atoms with Gasteiger partial charge in [0.1, 0.15) is 5.76 Å². The van der Waals surface area contributed by atoms with Crippen LogP contribution in [-0.4, -0.2) is 26.4 Å². The van der Waals surface area contributed by atoms with E-state index in [1.165, 1.54) is 11.8 Å². The number of anilines is 1. The predicted octanol–water partition coefficient (Wildman–Crippen LogP) is 5.59. The molecule has 2 aromatic heterocycles. The number of thioether (sulfide) groups is 1. The molecule has 0 spiro atoms. The highest BCUT2D eigenvalue weighted by molar-refractivity contribution is 7.99. The molecular weight excluding hydrogens is 432 g/mol. The van der Waals surface area contributed by atoms with Gasteiger partial charge in [0.25, 0.3) is 0 Å². The minimum Gasteiger partial charge on any atom is -0.469 e. The first-order valence-corrected chi connectivity index (χ1v) is 11.1. The highest BCUT2D eigenvalue weighted by Crippen LogP contribution is 2.28. The second-order valence-electron chi connectivity index (χ2n) is 7.06. The Morgan fingerprint density at radius 3 is 2.68 bits per heavy atom. The molecule has 0 saturated carbocycles. The van der Waals surface area contributed by atoms with Crippen molar-refractivity contribution in [3.8, 4) is 11.4 Å². The molecule has 2 heterocycles. The van der Waals surface area contributed by atoms with Crippen molar-refractivity contribution in [1.82, 2.24) is 14.8 Å². The van der Waals surface area contributed by atoms with Crippen molar-refractivity contribution in [2.75, 3.05) is 11.1 Å². The maximum Gasteiger partial charge on any atom is 0.234 e. The largest absolute Gasteiger partial charge is 0.469 e. The average Bonchev–Trinajstić information content (AvgIpc) is 3.35. The molecule has 4 rings (SSSR count). The maximum atomic E-state index is 12.6. The number of nitrogens with zero attached hydrogens (tertiary/aromatic N) is 3. The SMILES string of the molecule is Cc1ccc(Cl)cc1NC(=O)CSc1nnc(-c2ccoc2C)n1Cc1ccccc1. The molecule has 0 atom stereocenters. The summed E-state index contributed by atoms with van der Waals surface area (Å²) >= 11 is 7.39. The van der Waals surface area contributed by atoms with Crippen molar-refractivity contribution in [3.63, 3.8) is 0 Å². The molecule has 0 aliphatic carbocycles. The lowest BCUT2D eigenvalue weighted by Crippen LogP contribution is -2.15. The summed E-state index contributed by atoms with van der Waals surface area (Å²) in [6.07, 6.45) is 1.64. The van der Waals surface area contributed by atoms with Crippen LogP contribution in [0, 0.1) is 13.8 Å². The second kappa shape index (κ2) is 9.41. The summed E-state index contributed by atoms with van der Waals surface area (Å²) in [7, 11) is 0. The van der Waals surface area contributed by atoms with Gasteiger partial charge in [0, 0.05) is 10.7 Å². The summed E-state index contributed by atoms with van der Waals surface area (Å²) in [5, 5.41) is 12.9. The summed E-state index contributed by atoms with van der Waals surface area (Å²) in [4.78, 5) is 12.6. The Labute approximate surface area is 189 Å². The second-order valence-corrected chi connectivity index (χ2v) is 8.44. The van der Waals surface area contributed by atoms with Crippen LogP contribution < -0.4 is 5.32 Å². The van der Waals surface area contributed by atoms with Crippen molar-refractivity contribution in [3.05, 3.63) is 82.8 Å². The molecule has 0 aliphatic heterocycles. The molecule has 0 radical (unpaired) electrons. The van der Waals surface area contributed by atoms with E-state index in [0.29, 0.717) is 28.2 Å². The van der Waals surface area contributed by atoms with Crippen molar-refractivity contribution >= 4 is 35.0 Å². The first-order chi connectivity index (χ1) is 15.0. The van der Waals surface area contributed by atoms with Crippen LogP contribution in [0.15, 0.2) is 70.4 Å². The lowest BCUT2D eigenvalue weighted by Gasteiger charge is -2.11. The van der Waals surface area contributed by atoms with Crippen molar-refractivity contribution < 1.29 is 9.21 Å². The topological polar surface area (TPSA) is 73.0 Å². The van der Waals surface area contributed by atoms with Gasteiger partial charge in [-0.1, -0.05) is 59.8 Å². The van der Waals surface area contributed by atoms with Crippen LogP contribution in [-0.2, 0) is 11.3 Å². The number of amides is 1. The predicted molar refractivity (Wildman–Crippen MR) is 124 cm³/mol. The zero-order chi connectivity index (χ0) is 21.8. The van der Waals surface area contributed by atoms with E-state index in [1.807, 2.05) is 48.7 Å². The zero-order valence-corrected chi connectivity index (χ0v) is 18.7. The number of benzene rings is 2. The van der Waals surface area contributed by atoms with Crippen LogP contribution in [0.2, 0.25) is 5.02 Å². The van der Waals surface area contributed by atoms with E-state index < -0.39 is 0 Å². The number of rotatable bonds is 7. The van der Waals surface area contributed by atoms with Gasteiger partial charge in [0.05, 0.1) is 24.1 Å². The summed E-state index contributed by atoms with van der Waals surface area (Å²) < 4.78 is 7.47. The number of aromatic nitrogens is 3. The highest BCUT2D eigenvalue weighted by Gasteiger charge is 2.19. The standard InChI is InChI=1S/C23H21ClN4O2S/c1-15-8-9-18(24)12-20(15)25-21(29)14-31-23-27-26-22(19-10-11-30-16(19)2)28(23)13-17-6-4-3-5-7-17/h3-12H,13-14H2,1-2H3,(H,25,29). The third-order valence-corrected chi connectivity index (χ3v) is 6.01. The van der Waals surface area contributed by atoms with Gasteiger partial charge < -0.3 is 9.73 Å². The minimum absolute atomic E-state index is 0.134.